The maximum Gasteiger partial charge on any atom is 0.246 e. The third-order valence-corrected chi connectivity index (χ3v) is 5.54. The van der Waals surface area contributed by atoms with Crippen molar-refractivity contribution in [1.82, 2.24) is 20.0 Å². The normalized spacial score (nSPS) is 21.8. The summed E-state index contributed by atoms with van der Waals surface area (Å²) in [7, 11) is 0. The summed E-state index contributed by atoms with van der Waals surface area (Å²) in [5, 5.41) is 11.6. The van der Waals surface area contributed by atoms with Crippen LogP contribution in [0.1, 0.15) is 25.5 Å². The lowest BCUT2D eigenvalue weighted by atomic mass is 10.0. The molecule has 1 aromatic heterocycles. The Bertz CT molecular complexity index is 601. The van der Waals surface area contributed by atoms with E-state index < -0.39 is 0 Å². The number of amides is 2. The van der Waals surface area contributed by atoms with Gasteiger partial charge in [-0.3, -0.25) is 9.59 Å². The van der Waals surface area contributed by atoms with Gasteiger partial charge >= 0.3 is 0 Å². The molecular weight excluding hydrogens is 326 g/mol. The molecule has 2 fully saturated rings. The fraction of sp³-hybridized carbons (Fsp3) is 0.625. The van der Waals surface area contributed by atoms with Gasteiger partial charge in [-0.1, -0.05) is 0 Å². The molecule has 24 heavy (non-hydrogen) atoms. The highest BCUT2D eigenvalue weighted by atomic mass is 32.2. The molecule has 2 aliphatic rings. The van der Waals surface area contributed by atoms with Crippen LogP contribution in [-0.2, 0) is 9.59 Å². The lowest BCUT2D eigenvalue weighted by Crippen LogP contribution is -2.51. The van der Waals surface area contributed by atoms with E-state index in [1.54, 1.807) is 16.7 Å². The number of aryl methyl sites for hydroxylation is 1. The Balaban J connectivity index is 1.52. The zero-order chi connectivity index (χ0) is 17.1. The number of thioether (sulfide) groups is 1. The first-order chi connectivity index (χ1) is 11.5. The number of aromatic nitrogens is 2. The van der Waals surface area contributed by atoms with Gasteiger partial charge in [-0.15, -0.1) is 16.9 Å². The van der Waals surface area contributed by atoms with E-state index in [4.69, 9.17) is 0 Å². The summed E-state index contributed by atoms with van der Waals surface area (Å²) >= 11 is 1.64. The van der Waals surface area contributed by atoms with Crippen LogP contribution in [-0.4, -0.2) is 68.6 Å². The van der Waals surface area contributed by atoms with Crippen LogP contribution in [0.15, 0.2) is 12.1 Å². The highest BCUT2D eigenvalue weighted by Gasteiger charge is 2.36. The summed E-state index contributed by atoms with van der Waals surface area (Å²) in [6, 6.07) is 3.87. The SMILES string of the molecule is CC(=O)N1CSC[C@H]1C(=O)N1CCC(Nc2ccc(C)nn2)CC1. The Morgan fingerprint density at radius 2 is 2.00 bits per heavy atom. The maximum atomic E-state index is 12.7. The molecule has 7 nitrogen and oxygen atoms in total. The monoisotopic (exact) mass is 349 g/mol. The lowest BCUT2D eigenvalue weighted by molar-refractivity contribution is -0.143. The third-order valence-electron chi connectivity index (χ3n) is 4.53. The predicted octanol–water partition coefficient (Wildman–Crippen LogP) is 1.11. The van der Waals surface area contributed by atoms with Crippen LogP contribution in [0.25, 0.3) is 0 Å². The molecule has 0 bridgehead atoms. The topological polar surface area (TPSA) is 78.4 Å². The van der Waals surface area contributed by atoms with Crippen LogP contribution >= 0.6 is 11.8 Å². The second-order valence-corrected chi connectivity index (χ2v) is 7.31. The molecule has 0 unspecified atom stereocenters. The molecule has 1 aromatic rings. The van der Waals surface area contributed by atoms with Crippen molar-refractivity contribution in [3.8, 4) is 0 Å². The average molecular weight is 349 g/mol. The van der Waals surface area contributed by atoms with Crippen molar-refractivity contribution < 1.29 is 9.59 Å². The first kappa shape index (κ1) is 17.0. The first-order valence-corrected chi connectivity index (χ1v) is 9.40. The number of likely N-dealkylation sites (tertiary alicyclic amines) is 1. The molecule has 3 heterocycles. The van der Waals surface area contributed by atoms with Crippen LogP contribution in [0.3, 0.4) is 0 Å². The van der Waals surface area contributed by atoms with Crippen molar-refractivity contribution >= 4 is 29.4 Å². The number of nitrogens with one attached hydrogen (secondary N) is 1. The summed E-state index contributed by atoms with van der Waals surface area (Å²) < 4.78 is 0. The summed E-state index contributed by atoms with van der Waals surface area (Å²) in [4.78, 5) is 27.9. The van der Waals surface area contributed by atoms with E-state index in [-0.39, 0.29) is 17.9 Å². The molecule has 3 rings (SSSR count). The standard InChI is InChI=1S/C16H23N5O2S/c1-11-3-4-15(19-18-11)17-13-5-7-20(8-6-13)16(23)14-9-24-10-21(14)12(2)22/h3-4,13-14H,5-10H2,1-2H3,(H,17,19)/t14-/m0/s1. The minimum Gasteiger partial charge on any atom is -0.366 e. The van der Waals surface area contributed by atoms with Gasteiger partial charge in [-0.05, 0) is 31.9 Å². The van der Waals surface area contributed by atoms with Crippen LogP contribution in [0, 0.1) is 6.92 Å². The largest absolute Gasteiger partial charge is 0.366 e. The molecule has 2 saturated heterocycles. The fourth-order valence-electron chi connectivity index (χ4n) is 3.10. The highest BCUT2D eigenvalue weighted by Crippen LogP contribution is 2.24. The number of anilines is 1. The molecule has 0 spiro atoms. The summed E-state index contributed by atoms with van der Waals surface area (Å²) in [6.45, 7) is 4.86. The van der Waals surface area contributed by atoms with E-state index in [1.807, 2.05) is 24.0 Å². The van der Waals surface area contributed by atoms with E-state index in [9.17, 15) is 9.59 Å². The van der Waals surface area contributed by atoms with Crippen molar-refractivity contribution in [1.29, 1.82) is 0 Å². The van der Waals surface area contributed by atoms with E-state index in [1.165, 1.54) is 6.92 Å². The van der Waals surface area contributed by atoms with Crippen molar-refractivity contribution in [2.45, 2.75) is 38.8 Å². The van der Waals surface area contributed by atoms with E-state index >= 15 is 0 Å². The van der Waals surface area contributed by atoms with Gasteiger partial charge in [0.25, 0.3) is 0 Å². The van der Waals surface area contributed by atoms with Gasteiger partial charge in [-0.2, -0.15) is 5.10 Å². The van der Waals surface area contributed by atoms with Gasteiger partial charge in [-0.25, -0.2) is 0 Å². The van der Waals surface area contributed by atoms with E-state index in [2.05, 4.69) is 15.5 Å². The average Bonchev–Trinajstić information content (AvgIpc) is 3.07. The molecule has 2 aliphatic heterocycles. The van der Waals surface area contributed by atoms with Crippen molar-refractivity contribution in [2.75, 3.05) is 30.0 Å². The van der Waals surface area contributed by atoms with Crippen molar-refractivity contribution in [2.24, 2.45) is 0 Å². The minimum atomic E-state index is -0.292. The van der Waals surface area contributed by atoms with Gasteiger partial charge in [0, 0.05) is 31.8 Å². The van der Waals surface area contributed by atoms with Crippen LogP contribution in [0.2, 0.25) is 0 Å². The molecule has 0 radical (unpaired) electrons. The van der Waals surface area contributed by atoms with Crippen LogP contribution in [0.5, 0.6) is 0 Å². The Labute approximate surface area is 146 Å². The van der Waals surface area contributed by atoms with Crippen molar-refractivity contribution in [3.63, 3.8) is 0 Å². The quantitative estimate of drug-likeness (QED) is 0.881. The Kier molecular flexibility index (Phi) is 5.23. The van der Waals surface area contributed by atoms with Gasteiger partial charge in [0.15, 0.2) is 0 Å². The van der Waals surface area contributed by atoms with Crippen LogP contribution < -0.4 is 5.32 Å². The van der Waals surface area contributed by atoms with Gasteiger partial charge in [0.05, 0.1) is 11.6 Å². The molecule has 130 valence electrons. The zero-order valence-electron chi connectivity index (χ0n) is 14.1. The molecule has 0 aromatic carbocycles. The van der Waals surface area contributed by atoms with E-state index in [0.29, 0.717) is 30.8 Å². The van der Waals surface area contributed by atoms with Gasteiger partial charge in [0.2, 0.25) is 11.8 Å². The number of piperidine rings is 1. The maximum absolute atomic E-state index is 12.7. The van der Waals surface area contributed by atoms with Crippen LogP contribution in [0.4, 0.5) is 5.82 Å². The number of carbonyl (C=O) groups excluding carboxylic acids is 2. The molecule has 8 heteroatoms. The van der Waals surface area contributed by atoms with Gasteiger partial charge < -0.3 is 15.1 Å². The number of hydrogen-bond donors (Lipinski definition) is 1. The Morgan fingerprint density at radius 3 is 2.62 bits per heavy atom. The first-order valence-electron chi connectivity index (χ1n) is 8.25. The summed E-state index contributed by atoms with van der Waals surface area (Å²) in [5.74, 6) is 2.17. The number of rotatable bonds is 3. The molecule has 0 saturated carbocycles. The minimum absolute atomic E-state index is 0.0205. The predicted molar refractivity (Wildman–Crippen MR) is 93.6 cm³/mol. The Hall–Kier alpha value is -1.83. The zero-order valence-corrected chi connectivity index (χ0v) is 14.9. The lowest BCUT2D eigenvalue weighted by Gasteiger charge is -2.35. The number of carbonyl (C=O) groups is 2. The third kappa shape index (κ3) is 3.80. The summed E-state index contributed by atoms with van der Waals surface area (Å²) in [5.41, 5.74) is 0.894. The number of nitrogens with zero attached hydrogens (tertiary/aromatic N) is 4. The second kappa shape index (κ2) is 7.38. The summed E-state index contributed by atoms with van der Waals surface area (Å²) in [6.07, 6.45) is 1.75. The Morgan fingerprint density at radius 1 is 1.25 bits per heavy atom. The smallest absolute Gasteiger partial charge is 0.246 e. The fourth-order valence-corrected chi connectivity index (χ4v) is 4.31. The number of hydrogen-bond acceptors (Lipinski definition) is 6. The van der Waals surface area contributed by atoms with E-state index in [0.717, 1.165) is 24.4 Å². The highest BCUT2D eigenvalue weighted by molar-refractivity contribution is 7.99. The molecule has 1 atom stereocenters. The molecule has 0 aliphatic carbocycles. The second-order valence-electron chi connectivity index (χ2n) is 6.31. The molecule has 2 amide bonds. The van der Waals surface area contributed by atoms with Gasteiger partial charge in [0.1, 0.15) is 11.9 Å². The molecular formula is C16H23N5O2S. The molecule has 1 N–H and O–H groups in total. The van der Waals surface area contributed by atoms with Crippen molar-refractivity contribution in [3.05, 3.63) is 17.8 Å².